The van der Waals surface area contributed by atoms with E-state index >= 15 is 0 Å². The number of pyridine rings is 1. The van der Waals surface area contributed by atoms with Crippen molar-refractivity contribution in [2.24, 2.45) is 0 Å². The van der Waals surface area contributed by atoms with Gasteiger partial charge in [-0.1, -0.05) is 38.1 Å². The minimum atomic E-state index is -3.75. The Bertz CT molecular complexity index is 939. The van der Waals surface area contributed by atoms with E-state index in [4.69, 9.17) is 4.52 Å². The van der Waals surface area contributed by atoms with E-state index in [0.717, 1.165) is 5.56 Å². The van der Waals surface area contributed by atoms with Crippen molar-refractivity contribution in [2.75, 3.05) is 4.72 Å². The summed E-state index contributed by atoms with van der Waals surface area (Å²) in [6.07, 6.45) is 1.55. The van der Waals surface area contributed by atoms with Gasteiger partial charge >= 0.3 is 0 Å². The predicted molar refractivity (Wildman–Crippen MR) is 87.8 cm³/mol. The smallest absolute Gasteiger partial charge is 0.263 e. The highest BCUT2D eigenvalue weighted by Gasteiger charge is 2.20. The summed E-state index contributed by atoms with van der Waals surface area (Å²) < 4.78 is 32.4. The Kier molecular flexibility index (Phi) is 3.60. The van der Waals surface area contributed by atoms with Crippen molar-refractivity contribution in [1.29, 1.82) is 0 Å². The van der Waals surface area contributed by atoms with Crippen molar-refractivity contribution in [3.63, 3.8) is 0 Å². The Balaban J connectivity index is 1.93. The molecule has 0 saturated heterocycles. The van der Waals surface area contributed by atoms with Crippen LogP contribution in [0.5, 0.6) is 0 Å². The molecule has 0 fully saturated rings. The molecule has 0 unspecified atom stereocenters. The van der Waals surface area contributed by atoms with E-state index in [9.17, 15) is 8.42 Å². The standard InChI is InChI=1S/C16H17N3O3S/c1-16(2,3)11-6-8-12(9-7-11)23(20,21)19-15-14-13(22-18-15)5-4-10-17-14/h4-10H,1-3H3,(H,18,19). The average molecular weight is 331 g/mol. The van der Waals surface area contributed by atoms with Crippen molar-refractivity contribution < 1.29 is 12.9 Å². The van der Waals surface area contributed by atoms with Gasteiger partial charge < -0.3 is 4.52 Å². The van der Waals surface area contributed by atoms with Crippen LogP contribution >= 0.6 is 0 Å². The van der Waals surface area contributed by atoms with Crippen LogP contribution in [0.15, 0.2) is 52.0 Å². The Morgan fingerprint density at radius 3 is 2.43 bits per heavy atom. The van der Waals surface area contributed by atoms with E-state index in [-0.39, 0.29) is 16.1 Å². The number of rotatable bonds is 3. The molecule has 0 aliphatic rings. The first-order valence-corrected chi connectivity index (χ1v) is 8.59. The molecule has 0 saturated carbocycles. The number of sulfonamides is 1. The quantitative estimate of drug-likeness (QED) is 0.796. The Morgan fingerprint density at radius 2 is 1.78 bits per heavy atom. The second-order valence-electron chi connectivity index (χ2n) is 6.26. The molecule has 2 aromatic heterocycles. The summed E-state index contributed by atoms with van der Waals surface area (Å²) in [7, 11) is -3.75. The lowest BCUT2D eigenvalue weighted by molar-refractivity contribution is 0.460. The number of nitrogens with zero attached hydrogens (tertiary/aromatic N) is 2. The maximum atomic E-state index is 12.5. The monoisotopic (exact) mass is 331 g/mol. The van der Waals surface area contributed by atoms with Crippen LogP contribution in [0.2, 0.25) is 0 Å². The van der Waals surface area contributed by atoms with E-state index in [0.29, 0.717) is 11.1 Å². The van der Waals surface area contributed by atoms with E-state index in [1.165, 1.54) is 0 Å². The van der Waals surface area contributed by atoms with Gasteiger partial charge in [0.2, 0.25) is 5.82 Å². The minimum absolute atomic E-state index is 0.0397. The first kappa shape index (κ1) is 15.5. The highest BCUT2D eigenvalue weighted by Crippen LogP contribution is 2.25. The molecular formula is C16H17N3O3S. The molecule has 0 radical (unpaired) electrons. The molecule has 3 aromatic rings. The van der Waals surface area contributed by atoms with Gasteiger partial charge in [-0.15, -0.1) is 0 Å². The summed E-state index contributed by atoms with van der Waals surface area (Å²) in [5, 5.41) is 3.74. The van der Waals surface area contributed by atoms with Crippen molar-refractivity contribution >= 4 is 26.9 Å². The molecule has 1 N–H and O–H groups in total. The second kappa shape index (κ2) is 5.34. The lowest BCUT2D eigenvalue weighted by Gasteiger charge is -2.19. The van der Waals surface area contributed by atoms with Crippen LogP contribution in [-0.2, 0) is 15.4 Å². The molecule has 0 atom stereocenters. The fourth-order valence-electron chi connectivity index (χ4n) is 2.17. The topological polar surface area (TPSA) is 85.1 Å². The van der Waals surface area contributed by atoms with Gasteiger partial charge in [-0.2, -0.15) is 0 Å². The maximum Gasteiger partial charge on any atom is 0.263 e. The molecule has 0 amide bonds. The number of benzene rings is 1. The van der Waals surface area contributed by atoms with Crippen LogP contribution in [0.1, 0.15) is 26.3 Å². The summed E-state index contributed by atoms with van der Waals surface area (Å²) in [6, 6.07) is 10.2. The number of hydrogen-bond donors (Lipinski definition) is 1. The summed E-state index contributed by atoms with van der Waals surface area (Å²) in [5.41, 5.74) is 1.82. The van der Waals surface area contributed by atoms with Gasteiger partial charge in [-0.05, 0) is 35.2 Å². The van der Waals surface area contributed by atoms with Crippen molar-refractivity contribution in [2.45, 2.75) is 31.1 Å². The van der Waals surface area contributed by atoms with Crippen molar-refractivity contribution in [3.8, 4) is 0 Å². The number of nitrogens with one attached hydrogen (secondary N) is 1. The Morgan fingerprint density at radius 1 is 1.09 bits per heavy atom. The minimum Gasteiger partial charge on any atom is -0.352 e. The molecule has 0 aliphatic heterocycles. The molecule has 3 rings (SSSR count). The molecule has 2 heterocycles. The third-order valence-electron chi connectivity index (χ3n) is 3.49. The number of anilines is 1. The van der Waals surface area contributed by atoms with Crippen LogP contribution < -0.4 is 4.72 Å². The van der Waals surface area contributed by atoms with Crippen LogP contribution in [0.25, 0.3) is 11.1 Å². The third kappa shape index (κ3) is 3.05. The number of aromatic nitrogens is 2. The number of hydrogen-bond acceptors (Lipinski definition) is 5. The zero-order valence-electron chi connectivity index (χ0n) is 13.1. The molecule has 1 aromatic carbocycles. The molecule has 23 heavy (non-hydrogen) atoms. The third-order valence-corrected chi connectivity index (χ3v) is 4.85. The van der Waals surface area contributed by atoms with Gasteiger partial charge in [0.25, 0.3) is 10.0 Å². The predicted octanol–water partition coefficient (Wildman–Crippen LogP) is 3.32. The van der Waals surface area contributed by atoms with E-state index in [2.05, 4.69) is 35.6 Å². The first-order chi connectivity index (χ1) is 10.8. The fourth-order valence-corrected chi connectivity index (χ4v) is 3.17. The van der Waals surface area contributed by atoms with Gasteiger partial charge in [0.15, 0.2) is 11.1 Å². The SMILES string of the molecule is CC(C)(C)c1ccc(S(=O)(=O)Nc2noc3cccnc23)cc1. The van der Waals surface area contributed by atoms with Crippen LogP contribution in [0, 0.1) is 0 Å². The van der Waals surface area contributed by atoms with E-state index < -0.39 is 10.0 Å². The van der Waals surface area contributed by atoms with Crippen molar-refractivity contribution in [1.82, 2.24) is 10.1 Å². The van der Waals surface area contributed by atoms with Gasteiger partial charge in [0, 0.05) is 6.20 Å². The zero-order chi connectivity index (χ0) is 16.7. The summed E-state index contributed by atoms with van der Waals surface area (Å²) in [6.45, 7) is 6.21. The molecule has 0 bridgehead atoms. The normalized spacial score (nSPS) is 12.5. The summed E-state index contributed by atoms with van der Waals surface area (Å²) in [4.78, 5) is 4.25. The lowest BCUT2D eigenvalue weighted by Crippen LogP contribution is -2.15. The summed E-state index contributed by atoms with van der Waals surface area (Å²) in [5.74, 6) is 0.0838. The second-order valence-corrected chi connectivity index (χ2v) is 7.94. The Labute approximate surface area is 134 Å². The van der Waals surface area contributed by atoms with Crippen molar-refractivity contribution in [3.05, 3.63) is 48.2 Å². The molecule has 0 spiro atoms. The van der Waals surface area contributed by atoms with E-state index in [1.54, 1.807) is 30.5 Å². The Hall–Kier alpha value is -2.41. The molecular weight excluding hydrogens is 314 g/mol. The van der Waals surface area contributed by atoms with Crippen LogP contribution in [0.4, 0.5) is 5.82 Å². The molecule has 0 aliphatic carbocycles. The molecule has 120 valence electrons. The maximum absolute atomic E-state index is 12.5. The molecule has 7 heteroatoms. The zero-order valence-corrected chi connectivity index (χ0v) is 13.9. The van der Waals surface area contributed by atoms with Gasteiger partial charge in [0.05, 0.1) is 4.90 Å². The van der Waals surface area contributed by atoms with Gasteiger partial charge in [0.1, 0.15) is 0 Å². The first-order valence-electron chi connectivity index (χ1n) is 7.11. The summed E-state index contributed by atoms with van der Waals surface area (Å²) >= 11 is 0. The van der Waals surface area contributed by atoms with Gasteiger partial charge in [-0.25, -0.2) is 13.4 Å². The van der Waals surface area contributed by atoms with Crippen LogP contribution in [0.3, 0.4) is 0 Å². The number of fused-ring (bicyclic) bond motifs is 1. The largest absolute Gasteiger partial charge is 0.352 e. The average Bonchev–Trinajstić information content (AvgIpc) is 2.89. The van der Waals surface area contributed by atoms with Crippen LogP contribution in [-0.4, -0.2) is 18.6 Å². The highest BCUT2D eigenvalue weighted by molar-refractivity contribution is 7.92. The highest BCUT2D eigenvalue weighted by atomic mass is 32.2. The van der Waals surface area contributed by atoms with Gasteiger partial charge in [-0.3, -0.25) is 4.72 Å². The van der Waals surface area contributed by atoms with E-state index in [1.807, 2.05) is 12.1 Å². The molecule has 6 nitrogen and oxygen atoms in total. The lowest BCUT2D eigenvalue weighted by atomic mass is 9.87. The fraction of sp³-hybridized carbons (Fsp3) is 0.250.